The molecule has 0 bridgehead atoms. The second-order valence-corrected chi connectivity index (χ2v) is 4.32. The minimum Gasteiger partial charge on any atom is -0.446 e. The standard InChI is InChI=1S/C12H15N5O/c1-7-2-3-10(18-7)16-11-8-6-14-5-4-9(8)15-12(13)17-11/h2-3,14H,4-6H2,1H3,(H3,13,15,16,17). The lowest BCUT2D eigenvalue weighted by molar-refractivity contribution is 0.550. The van der Waals surface area contributed by atoms with Crippen molar-refractivity contribution in [3.05, 3.63) is 29.2 Å². The summed E-state index contributed by atoms with van der Waals surface area (Å²) < 4.78 is 5.49. The van der Waals surface area contributed by atoms with Gasteiger partial charge in [0.05, 0.1) is 5.69 Å². The monoisotopic (exact) mass is 245 g/mol. The van der Waals surface area contributed by atoms with Crippen LogP contribution in [0.3, 0.4) is 0 Å². The Morgan fingerprint density at radius 1 is 1.39 bits per heavy atom. The predicted octanol–water partition coefficient (Wildman–Crippen LogP) is 1.35. The Bertz CT molecular complexity index is 578. The molecule has 0 saturated heterocycles. The van der Waals surface area contributed by atoms with Gasteiger partial charge in [-0.05, 0) is 13.0 Å². The third kappa shape index (κ3) is 2.02. The first-order valence-corrected chi connectivity index (χ1v) is 5.92. The van der Waals surface area contributed by atoms with Crippen LogP contribution in [-0.4, -0.2) is 16.5 Å². The molecule has 0 radical (unpaired) electrons. The number of hydrogen-bond acceptors (Lipinski definition) is 6. The maximum atomic E-state index is 5.73. The summed E-state index contributed by atoms with van der Waals surface area (Å²) >= 11 is 0. The summed E-state index contributed by atoms with van der Waals surface area (Å²) in [5.74, 6) is 2.53. The Balaban J connectivity index is 1.98. The summed E-state index contributed by atoms with van der Waals surface area (Å²) in [5, 5.41) is 6.46. The molecule has 0 saturated carbocycles. The summed E-state index contributed by atoms with van der Waals surface area (Å²) in [6, 6.07) is 3.77. The average molecular weight is 245 g/mol. The maximum Gasteiger partial charge on any atom is 0.222 e. The molecule has 4 N–H and O–H groups in total. The molecular weight excluding hydrogens is 230 g/mol. The van der Waals surface area contributed by atoms with Gasteiger partial charge in [0.1, 0.15) is 11.6 Å². The molecule has 94 valence electrons. The molecular formula is C12H15N5O. The average Bonchev–Trinajstić information content (AvgIpc) is 2.74. The Labute approximate surface area is 105 Å². The summed E-state index contributed by atoms with van der Waals surface area (Å²) in [6.45, 7) is 3.57. The van der Waals surface area contributed by atoms with Crippen molar-refractivity contribution in [1.29, 1.82) is 0 Å². The van der Waals surface area contributed by atoms with Gasteiger partial charge in [0.2, 0.25) is 5.95 Å². The van der Waals surface area contributed by atoms with Crippen molar-refractivity contribution in [1.82, 2.24) is 15.3 Å². The number of fused-ring (bicyclic) bond motifs is 1. The van der Waals surface area contributed by atoms with Crippen molar-refractivity contribution in [2.75, 3.05) is 17.6 Å². The topological polar surface area (TPSA) is 89.0 Å². The van der Waals surface area contributed by atoms with E-state index in [1.54, 1.807) is 0 Å². The first-order valence-electron chi connectivity index (χ1n) is 5.92. The minimum atomic E-state index is 0.293. The van der Waals surface area contributed by atoms with Crippen LogP contribution in [0.4, 0.5) is 17.7 Å². The second kappa shape index (κ2) is 4.30. The molecule has 6 nitrogen and oxygen atoms in total. The molecule has 2 aromatic rings. The zero-order valence-corrected chi connectivity index (χ0v) is 10.2. The number of aromatic nitrogens is 2. The van der Waals surface area contributed by atoms with E-state index in [0.717, 1.165) is 42.3 Å². The molecule has 3 heterocycles. The summed E-state index contributed by atoms with van der Waals surface area (Å²) in [7, 11) is 0. The number of nitrogens with two attached hydrogens (primary N) is 1. The van der Waals surface area contributed by atoms with Gasteiger partial charge in [0, 0.05) is 31.1 Å². The van der Waals surface area contributed by atoms with E-state index in [0.29, 0.717) is 11.8 Å². The maximum absolute atomic E-state index is 5.73. The number of nitrogens with zero attached hydrogens (tertiary/aromatic N) is 2. The lowest BCUT2D eigenvalue weighted by Crippen LogP contribution is -2.26. The summed E-state index contributed by atoms with van der Waals surface area (Å²) in [4.78, 5) is 8.52. The van der Waals surface area contributed by atoms with Crippen LogP contribution in [0.5, 0.6) is 0 Å². The van der Waals surface area contributed by atoms with Crippen LogP contribution < -0.4 is 16.4 Å². The van der Waals surface area contributed by atoms with Crippen molar-refractivity contribution in [3.63, 3.8) is 0 Å². The second-order valence-electron chi connectivity index (χ2n) is 4.32. The quantitative estimate of drug-likeness (QED) is 0.740. The van der Waals surface area contributed by atoms with Crippen molar-refractivity contribution in [2.45, 2.75) is 19.9 Å². The highest BCUT2D eigenvalue weighted by atomic mass is 16.4. The highest BCUT2D eigenvalue weighted by Gasteiger charge is 2.17. The van der Waals surface area contributed by atoms with Gasteiger partial charge in [-0.2, -0.15) is 4.98 Å². The molecule has 0 amide bonds. The van der Waals surface area contributed by atoms with Crippen LogP contribution in [0, 0.1) is 6.92 Å². The fourth-order valence-electron chi connectivity index (χ4n) is 2.08. The highest BCUT2D eigenvalue weighted by Crippen LogP contribution is 2.25. The van der Waals surface area contributed by atoms with E-state index in [2.05, 4.69) is 20.6 Å². The fourth-order valence-corrected chi connectivity index (χ4v) is 2.08. The van der Waals surface area contributed by atoms with E-state index in [4.69, 9.17) is 10.2 Å². The van der Waals surface area contributed by atoms with E-state index >= 15 is 0 Å². The van der Waals surface area contributed by atoms with Crippen LogP contribution in [0.15, 0.2) is 16.5 Å². The zero-order valence-electron chi connectivity index (χ0n) is 10.2. The van der Waals surface area contributed by atoms with Crippen LogP contribution >= 0.6 is 0 Å². The number of nitrogens with one attached hydrogen (secondary N) is 2. The van der Waals surface area contributed by atoms with E-state index in [1.165, 1.54) is 0 Å². The lowest BCUT2D eigenvalue weighted by Gasteiger charge is -2.19. The lowest BCUT2D eigenvalue weighted by atomic mass is 10.1. The molecule has 1 aliphatic rings. The molecule has 3 rings (SSSR count). The molecule has 0 aromatic carbocycles. The molecule has 0 fully saturated rings. The van der Waals surface area contributed by atoms with E-state index in [9.17, 15) is 0 Å². The smallest absolute Gasteiger partial charge is 0.222 e. The van der Waals surface area contributed by atoms with Gasteiger partial charge in [-0.15, -0.1) is 0 Å². The molecule has 2 aromatic heterocycles. The van der Waals surface area contributed by atoms with Gasteiger partial charge in [0.25, 0.3) is 0 Å². The van der Waals surface area contributed by atoms with Crippen LogP contribution in [0.2, 0.25) is 0 Å². The number of hydrogen-bond donors (Lipinski definition) is 3. The van der Waals surface area contributed by atoms with E-state index < -0.39 is 0 Å². The minimum absolute atomic E-state index is 0.293. The first-order chi connectivity index (χ1) is 8.72. The number of nitrogen functional groups attached to an aromatic ring is 1. The molecule has 0 atom stereocenters. The first kappa shape index (κ1) is 11.0. The molecule has 0 unspecified atom stereocenters. The number of furan rings is 1. The van der Waals surface area contributed by atoms with Gasteiger partial charge >= 0.3 is 0 Å². The van der Waals surface area contributed by atoms with Crippen molar-refractivity contribution < 1.29 is 4.42 Å². The van der Waals surface area contributed by atoms with Gasteiger partial charge in [-0.3, -0.25) is 0 Å². The SMILES string of the molecule is Cc1ccc(Nc2nc(N)nc3c2CNCC3)o1. The normalized spacial score (nSPS) is 14.3. The Kier molecular flexibility index (Phi) is 2.64. The van der Waals surface area contributed by atoms with Crippen molar-refractivity contribution >= 4 is 17.7 Å². The van der Waals surface area contributed by atoms with Gasteiger partial charge in [-0.25, -0.2) is 4.98 Å². The summed E-state index contributed by atoms with van der Waals surface area (Å²) in [5.41, 5.74) is 7.79. The van der Waals surface area contributed by atoms with Crippen LogP contribution in [0.1, 0.15) is 17.0 Å². The van der Waals surface area contributed by atoms with Gasteiger partial charge in [0.15, 0.2) is 5.88 Å². The number of aryl methyl sites for hydroxylation is 1. The largest absolute Gasteiger partial charge is 0.446 e. The van der Waals surface area contributed by atoms with Crippen molar-refractivity contribution in [3.8, 4) is 0 Å². The predicted molar refractivity (Wildman–Crippen MR) is 68.6 cm³/mol. The van der Waals surface area contributed by atoms with Crippen LogP contribution in [0.25, 0.3) is 0 Å². The van der Waals surface area contributed by atoms with Crippen molar-refractivity contribution in [2.24, 2.45) is 0 Å². The van der Waals surface area contributed by atoms with Gasteiger partial charge in [-0.1, -0.05) is 0 Å². The molecule has 1 aliphatic heterocycles. The fraction of sp³-hybridized carbons (Fsp3) is 0.333. The summed E-state index contributed by atoms with van der Waals surface area (Å²) in [6.07, 6.45) is 0.869. The molecule has 18 heavy (non-hydrogen) atoms. The zero-order chi connectivity index (χ0) is 12.5. The molecule has 0 aliphatic carbocycles. The number of anilines is 3. The third-order valence-corrected chi connectivity index (χ3v) is 2.93. The number of rotatable bonds is 2. The van der Waals surface area contributed by atoms with E-state index in [-0.39, 0.29) is 0 Å². The molecule has 6 heteroatoms. The van der Waals surface area contributed by atoms with Crippen LogP contribution in [-0.2, 0) is 13.0 Å². The Morgan fingerprint density at radius 3 is 3.06 bits per heavy atom. The Morgan fingerprint density at radius 2 is 2.28 bits per heavy atom. The highest BCUT2D eigenvalue weighted by molar-refractivity contribution is 5.58. The van der Waals surface area contributed by atoms with E-state index in [1.807, 2.05) is 19.1 Å². The third-order valence-electron chi connectivity index (χ3n) is 2.93. The van der Waals surface area contributed by atoms with Gasteiger partial charge < -0.3 is 20.8 Å². The molecule has 0 spiro atoms. The Hall–Kier alpha value is -2.08.